The van der Waals surface area contributed by atoms with E-state index < -0.39 is 5.82 Å². The van der Waals surface area contributed by atoms with Gasteiger partial charge in [-0.15, -0.1) is 0 Å². The molecule has 0 spiro atoms. The molecule has 0 saturated carbocycles. The van der Waals surface area contributed by atoms with Gasteiger partial charge in [-0.1, -0.05) is 17.9 Å². The second-order valence-corrected chi connectivity index (χ2v) is 7.77. The highest BCUT2D eigenvalue weighted by Gasteiger charge is 2.18. The van der Waals surface area contributed by atoms with E-state index in [0.29, 0.717) is 35.6 Å². The average molecular weight is 432 g/mol. The number of likely N-dealkylation sites (N-methyl/N-ethyl adjacent to an activating group) is 2. The summed E-state index contributed by atoms with van der Waals surface area (Å²) in [6.07, 6.45) is 3.28. The largest absolute Gasteiger partial charge is 0.384 e. The van der Waals surface area contributed by atoms with Gasteiger partial charge in [0, 0.05) is 43.7 Å². The van der Waals surface area contributed by atoms with Crippen molar-refractivity contribution in [2.24, 2.45) is 0 Å². The third kappa shape index (κ3) is 5.48. The second kappa shape index (κ2) is 10.0. The third-order valence-electron chi connectivity index (χ3n) is 5.00. The van der Waals surface area contributed by atoms with Gasteiger partial charge in [-0.05, 0) is 56.9 Å². The van der Waals surface area contributed by atoms with E-state index in [2.05, 4.69) is 21.8 Å². The molecule has 0 aliphatic heterocycles. The van der Waals surface area contributed by atoms with Crippen LogP contribution < -0.4 is 5.73 Å². The van der Waals surface area contributed by atoms with Gasteiger partial charge >= 0.3 is 0 Å². The Kier molecular flexibility index (Phi) is 7.18. The summed E-state index contributed by atoms with van der Waals surface area (Å²) in [7, 11) is 5.52. The molecule has 0 unspecified atom stereocenters. The van der Waals surface area contributed by atoms with Crippen LogP contribution >= 0.6 is 0 Å². The molecular formula is C25H26FN5O. The van der Waals surface area contributed by atoms with Crippen molar-refractivity contribution in [1.29, 1.82) is 0 Å². The Labute approximate surface area is 187 Å². The number of pyridine rings is 2. The number of carbonyl (C=O) groups is 1. The summed E-state index contributed by atoms with van der Waals surface area (Å²) in [5.41, 5.74) is 9.28. The maximum absolute atomic E-state index is 14.6. The van der Waals surface area contributed by atoms with E-state index in [0.717, 1.165) is 11.3 Å². The minimum atomic E-state index is -0.554. The van der Waals surface area contributed by atoms with Gasteiger partial charge in [-0.3, -0.25) is 9.78 Å². The number of nitrogens with two attached hydrogens (primary N) is 1. The normalized spacial score (nSPS) is 10.6. The van der Waals surface area contributed by atoms with Crippen LogP contribution in [0.25, 0.3) is 11.1 Å². The Balaban J connectivity index is 1.99. The number of aryl methyl sites for hydroxylation is 1. The van der Waals surface area contributed by atoms with E-state index in [1.165, 1.54) is 11.0 Å². The molecule has 164 valence electrons. The number of nitrogens with zero attached hydrogens (tertiary/aromatic N) is 4. The Morgan fingerprint density at radius 2 is 1.84 bits per heavy atom. The van der Waals surface area contributed by atoms with E-state index in [1.54, 1.807) is 43.7 Å². The van der Waals surface area contributed by atoms with Crippen molar-refractivity contribution in [3.05, 3.63) is 77.0 Å². The average Bonchev–Trinajstić information content (AvgIpc) is 2.77. The van der Waals surface area contributed by atoms with Crippen LogP contribution in [0.15, 0.2) is 48.8 Å². The molecule has 0 aliphatic rings. The molecule has 1 aromatic carbocycles. The van der Waals surface area contributed by atoms with Gasteiger partial charge in [-0.2, -0.15) is 0 Å². The number of benzene rings is 1. The molecular weight excluding hydrogens is 405 g/mol. The summed E-state index contributed by atoms with van der Waals surface area (Å²) < 4.78 is 14.6. The lowest BCUT2D eigenvalue weighted by molar-refractivity contribution is 0.0781. The lowest BCUT2D eigenvalue weighted by Gasteiger charge is -2.20. The maximum Gasteiger partial charge on any atom is 0.256 e. The van der Waals surface area contributed by atoms with Crippen molar-refractivity contribution >= 4 is 11.7 Å². The fraction of sp³-hybridized carbons (Fsp3) is 0.240. The van der Waals surface area contributed by atoms with Gasteiger partial charge in [0.2, 0.25) is 0 Å². The SMILES string of the molecule is Cc1nccc(-c2ccc(F)c(C(=O)N(C)CCN(C)C)c2)c1C#Cc1ccc(N)nc1. The maximum atomic E-state index is 14.6. The highest BCUT2D eigenvalue weighted by atomic mass is 19.1. The van der Waals surface area contributed by atoms with Crippen LogP contribution in [-0.4, -0.2) is 59.9 Å². The lowest BCUT2D eigenvalue weighted by atomic mass is 9.97. The van der Waals surface area contributed by atoms with Crippen molar-refractivity contribution in [2.75, 3.05) is 40.0 Å². The zero-order chi connectivity index (χ0) is 23.3. The highest BCUT2D eigenvalue weighted by Crippen LogP contribution is 2.27. The lowest BCUT2D eigenvalue weighted by Crippen LogP contribution is -2.34. The Hall–Kier alpha value is -3.76. The van der Waals surface area contributed by atoms with E-state index >= 15 is 0 Å². The number of hydrogen-bond acceptors (Lipinski definition) is 5. The fourth-order valence-corrected chi connectivity index (χ4v) is 3.09. The van der Waals surface area contributed by atoms with E-state index in [9.17, 15) is 9.18 Å². The standard InChI is InChI=1S/C25H26FN5O/c1-17-20(8-5-18-6-10-24(27)29-16-18)21(11-12-28-17)19-7-9-23(26)22(15-19)25(32)31(4)14-13-30(2)3/h6-7,9-12,15-16H,13-14H2,1-4H3,(H2,27,29). The van der Waals surface area contributed by atoms with Crippen molar-refractivity contribution in [3.8, 4) is 23.0 Å². The van der Waals surface area contributed by atoms with Crippen LogP contribution in [0, 0.1) is 24.6 Å². The number of nitrogen functional groups attached to an aromatic ring is 1. The minimum Gasteiger partial charge on any atom is -0.384 e. The van der Waals surface area contributed by atoms with E-state index in [4.69, 9.17) is 5.73 Å². The molecule has 2 heterocycles. The van der Waals surface area contributed by atoms with Crippen LogP contribution in [-0.2, 0) is 0 Å². The Bertz CT molecular complexity index is 1180. The summed E-state index contributed by atoms with van der Waals surface area (Å²) >= 11 is 0. The topological polar surface area (TPSA) is 75.4 Å². The monoisotopic (exact) mass is 431 g/mol. The van der Waals surface area contributed by atoms with Crippen molar-refractivity contribution in [2.45, 2.75) is 6.92 Å². The molecule has 0 fully saturated rings. The quantitative estimate of drug-likeness (QED) is 0.628. The van der Waals surface area contributed by atoms with Crippen LogP contribution in [0.3, 0.4) is 0 Å². The first-order valence-electron chi connectivity index (χ1n) is 10.2. The van der Waals surface area contributed by atoms with Gasteiger partial charge < -0.3 is 15.5 Å². The summed E-state index contributed by atoms with van der Waals surface area (Å²) in [5.74, 6) is 5.72. The molecule has 0 atom stereocenters. The van der Waals surface area contributed by atoms with Crippen molar-refractivity contribution < 1.29 is 9.18 Å². The number of hydrogen-bond donors (Lipinski definition) is 1. The summed E-state index contributed by atoms with van der Waals surface area (Å²) in [6, 6.07) is 9.84. The van der Waals surface area contributed by atoms with Crippen LogP contribution in [0.2, 0.25) is 0 Å². The molecule has 32 heavy (non-hydrogen) atoms. The van der Waals surface area contributed by atoms with Gasteiger partial charge in [-0.25, -0.2) is 9.37 Å². The Morgan fingerprint density at radius 3 is 2.53 bits per heavy atom. The highest BCUT2D eigenvalue weighted by molar-refractivity contribution is 5.96. The van der Waals surface area contributed by atoms with Gasteiger partial charge in [0.1, 0.15) is 11.6 Å². The molecule has 3 rings (SSSR count). The molecule has 6 nitrogen and oxygen atoms in total. The number of rotatable bonds is 5. The van der Waals surface area contributed by atoms with Crippen LogP contribution in [0.1, 0.15) is 27.2 Å². The molecule has 0 radical (unpaired) electrons. The van der Waals surface area contributed by atoms with Crippen LogP contribution in [0.4, 0.5) is 10.2 Å². The number of halogens is 1. The van der Waals surface area contributed by atoms with E-state index in [1.807, 2.05) is 32.0 Å². The summed E-state index contributed by atoms with van der Waals surface area (Å²) in [6.45, 7) is 3.04. The fourth-order valence-electron chi connectivity index (χ4n) is 3.09. The first-order chi connectivity index (χ1) is 15.3. The third-order valence-corrected chi connectivity index (χ3v) is 5.00. The number of carbonyl (C=O) groups excluding carboxylic acids is 1. The molecule has 0 saturated heterocycles. The number of aromatic nitrogens is 2. The molecule has 2 aromatic heterocycles. The summed E-state index contributed by atoms with van der Waals surface area (Å²) in [4.78, 5) is 24.7. The van der Waals surface area contributed by atoms with Crippen molar-refractivity contribution in [3.63, 3.8) is 0 Å². The van der Waals surface area contributed by atoms with Gasteiger partial charge in [0.05, 0.1) is 16.8 Å². The molecule has 1 amide bonds. The second-order valence-electron chi connectivity index (χ2n) is 7.77. The number of anilines is 1. The number of amides is 1. The predicted molar refractivity (Wildman–Crippen MR) is 125 cm³/mol. The van der Waals surface area contributed by atoms with E-state index in [-0.39, 0.29) is 11.5 Å². The smallest absolute Gasteiger partial charge is 0.256 e. The first-order valence-corrected chi connectivity index (χ1v) is 10.2. The van der Waals surface area contributed by atoms with Gasteiger partial charge in [0.25, 0.3) is 5.91 Å². The molecule has 0 bridgehead atoms. The molecule has 2 N–H and O–H groups in total. The van der Waals surface area contributed by atoms with Crippen LogP contribution in [0.5, 0.6) is 0 Å². The minimum absolute atomic E-state index is 0.0277. The zero-order valence-corrected chi connectivity index (χ0v) is 18.7. The molecule has 0 aliphatic carbocycles. The van der Waals surface area contributed by atoms with Gasteiger partial charge in [0.15, 0.2) is 0 Å². The zero-order valence-electron chi connectivity index (χ0n) is 18.7. The first kappa shape index (κ1) is 22.9. The summed E-state index contributed by atoms with van der Waals surface area (Å²) in [5, 5.41) is 0. The Morgan fingerprint density at radius 1 is 1.06 bits per heavy atom. The molecule has 7 heteroatoms. The van der Waals surface area contributed by atoms with Crippen molar-refractivity contribution in [1.82, 2.24) is 19.8 Å². The predicted octanol–water partition coefficient (Wildman–Crippen LogP) is 3.21. The molecule has 3 aromatic rings.